The van der Waals surface area contributed by atoms with Gasteiger partial charge in [0.05, 0.1) is 16.4 Å². The molecule has 1 amide bonds. The summed E-state index contributed by atoms with van der Waals surface area (Å²) in [7, 11) is -3.26. The monoisotopic (exact) mass is 375 g/mol. The number of anilines is 2. The lowest BCUT2D eigenvalue weighted by Crippen LogP contribution is -2.25. The standard InChI is InChI=1S/C17H17N3O5S/c1-12-15(4-2-5-16(12)20(22)23)17(21)18-13-6-8-14(9-7-13)19-10-3-11-26(19,24)25/h2,4-9H,3,10-11H2,1H3,(H,18,21). The molecule has 1 heterocycles. The fourth-order valence-corrected chi connectivity index (χ4v) is 4.47. The number of hydrogen-bond acceptors (Lipinski definition) is 5. The van der Waals surface area contributed by atoms with Gasteiger partial charge in [0.2, 0.25) is 10.0 Å². The van der Waals surface area contributed by atoms with E-state index in [4.69, 9.17) is 0 Å². The first-order valence-corrected chi connectivity index (χ1v) is 9.56. The lowest BCUT2D eigenvalue weighted by Gasteiger charge is -2.17. The van der Waals surface area contributed by atoms with Crippen molar-refractivity contribution in [2.24, 2.45) is 0 Å². The number of nitrogens with zero attached hydrogens (tertiary/aromatic N) is 2. The Kier molecular flexibility index (Phi) is 4.64. The largest absolute Gasteiger partial charge is 0.322 e. The maximum Gasteiger partial charge on any atom is 0.273 e. The predicted molar refractivity (Wildman–Crippen MR) is 98.0 cm³/mol. The van der Waals surface area contributed by atoms with Gasteiger partial charge in [-0.1, -0.05) is 6.07 Å². The number of rotatable bonds is 4. The second-order valence-electron chi connectivity index (χ2n) is 5.95. The van der Waals surface area contributed by atoms with E-state index in [-0.39, 0.29) is 22.6 Å². The van der Waals surface area contributed by atoms with Gasteiger partial charge >= 0.3 is 0 Å². The Morgan fingerprint density at radius 3 is 2.46 bits per heavy atom. The fourth-order valence-electron chi connectivity index (χ4n) is 2.91. The minimum Gasteiger partial charge on any atom is -0.322 e. The van der Waals surface area contributed by atoms with Crippen LogP contribution < -0.4 is 9.62 Å². The molecule has 1 N–H and O–H groups in total. The Morgan fingerprint density at radius 2 is 1.88 bits per heavy atom. The van der Waals surface area contributed by atoms with Gasteiger partial charge < -0.3 is 5.32 Å². The first-order valence-electron chi connectivity index (χ1n) is 7.95. The van der Waals surface area contributed by atoms with Crippen LogP contribution in [0.25, 0.3) is 0 Å². The maximum atomic E-state index is 12.4. The van der Waals surface area contributed by atoms with Gasteiger partial charge in [-0.05, 0) is 43.7 Å². The van der Waals surface area contributed by atoms with Crippen LogP contribution in [0.2, 0.25) is 0 Å². The minimum absolute atomic E-state index is 0.118. The predicted octanol–water partition coefficient (Wildman–Crippen LogP) is 2.70. The van der Waals surface area contributed by atoms with Crippen LogP contribution in [-0.2, 0) is 10.0 Å². The highest BCUT2D eigenvalue weighted by atomic mass is 32.2. The van der Waals surface area contributed by atoms with Gasteiger partial charge in [0, 0.05) is 29.4 Å². The number of carbonyl (C=O) groups excluding carboxylic acids is 1. The van der Waals surface area contributed by atoms with Crippen molar-refractivity contribution in [3.05, 3.63) is 63.7 Å². The molecular formula is C17H17N3O5S. The molecule has 1 aliphatic rings. The number of amides is 1. The number of carbonyl (C=O) groups is 1. The van der Waals surface area contributed by atoms with Crippen molar-refractivity contribution in [2.45, 2.75) is 13.3 Å². The zero-order chi connectivity index (χ0) is 18.9. The van der Waals surface area contributed by atoms with E-state index in [1.807, 2.05) is 0 Å². The van der Waals surface area contributed by atoms with E-state index in [0.717, 1.165) is 0 Å². The van der Waals surface area contributed by atoms with Crippen LogP contribution in [0.4, 0.5) is 17.1 Å². The fraction of sp³-hybridized carbons (Fsp3) is 0.235. The molecule has 2 aromatic carbocycles. The van der Waals surface area contributed by atoms with Crippen molar-refractivity contribution >= 4 is 33.0 Å². The zero-order valence-corrected chi connectivity index (χ0v) is 14.8. The molecular weight excluding hydrogens is 358 g/mol. The van der Waals surface area contributed by atoms with Crippen LogP contribution >= 0.6 is 0 Å². The minimum atomic E-state index is -3.26. The molecule has 0 atom stereocenters. The van der Waals surface area contributed by atoms with Crippen molar-refractivity contribution in [1.82, 2.24) is 0 Å². The third kappa shape index (κ3) is 3.38. The summed E-state index contributed by atoms with van der Waals surface area (Å²) < 4.78 is 25.2. The third-order valence-electron chi connectivity index (χ3n) is 4.26. The van der Waals surface area contributed by atoms with E-state index >= 15 is 0 Å². The van der Waals surface area contributed by atoms with Crippen LogP contribution in [0.5, 0.6) is 0 Å². The summed E-state index contributed by atoms with van der Waals surface area (Å²) in [6, 6.07) is 10.8. The highest BCUT2D eigenvalue weighted by molar-refractivity contribution is 7.93. The van der Waals surface area contributed by atoms with Crippen LogP contribution in [0, 0.1) is 17.0 Å². The Morgan fingerprint density at radius 1 is 1.19 bits per heavy atom. The molecule has 26 heavy (non-hydrogen) atoms. The van der Waals surface area contributed by atoms with Crippen molar-refractivity contribution < 1.29 is 18.1 Å². The number of nitro groups is 1. The van der Waals surface area contributed by atoms with Gasteiger partial charge in [0.1, 0.15) is 0 Å². The van der Waals surface area contributed by atoms with E-state index in [9.17, 15) is 23.3 Å². The zero-order valence-electron chi connectivity index (χ0n) is 14.0. The normalized spacial score (nSPS) is 15.7. The number of benzene rings is 2. The molecule has 0 bridgehead atoms. The Labute approximate surface area is 150 Å². The molecule has 0 aromatic heterocycles. The molecule has 136 valence electrons. The molecule has 0 unspecified atom stereocenters. The molecule has 1 fully saturated rings. The Bertz CT molecular complexity index is 970. The molecule has 0 saturated carbocycles. The van der Waals surface area contributed by atoms with Crippen LogP contribution in [0.3, 0.4) is 0 Å². The number of hydrogen-bond donors (Lipinski definition) is 1. The van der Waals surface area contributed by atoms with Gasteiger partial charge in [0.15, 0.2) is 0 Å². The van der Waals surface area contributed by atoms with Crippen molar-refractivity contribution in [1.29, 1.82) is 0 Å². The first kappa shape index (κ1) is 17.9. The molecule has 2 aromatic rings. The summed E-state index contributed by atoms with van der Waals surface area (Å²) in [5.41, 5.74) is 1.40. The third-order valence-corrected chi connectivity index (χ3v) is 6.13. The van der Waals surface area contributed by atoms with Gasteiger partial charge in [-0.25, -0.2) is 8.42 Å². The van der Waals surface area contributed by atoms with Crippen LogP contribution in [0.15, 0.2) is 42.5 Å². The molecule has 0 aliphatic carbocycles. The van der Waals surface area contributed by atoms with Gasteiger partial charge in [-0.3, -0.25) is 19.2 Å². The number of nitrogens with one attached hydrogen (secondary N) is 1. The average Bonchev–Trinajstić information content (AvgIpc) is 2.94. The summed E-state index contributed by atoms with van der Waals surface area (Å²) in [5, 5.41) is 13.7. The molecule has 8 nitrogen and oxygen atoms in total. The number of sulfonamides is 1. The van der Waals surface area contributed by atoms with E-state index in [0.29, 0.717) is 24.3 Å². The van der Waals surface area contributed by atoms with Crippen molar-refractivity contribution in [2.75, 3.05) is 21.9 Å². The number of nitro benzene ring substituents is 1. The lowest BCUT2D eigenvalue weighted by atomic mass is 10.1. The van der Waals surface area contributed by atoms with Gasteiger partial charge in [-0.2, -0.15) is 0 Å². The van der Waals surface area contributed by atoms with Crippen LogP contribution in [-0.4, -0.2) is 31.5 Å². The van der Waals surface area contributed by atoms with E-state index in [1.165, 1.54) is 29.4 Å². The van der Waals surface area contributed by atoms with E-state index in [2.05, 4.69) is 5.32 Å². The van der Waals surface area contributed by atoms with Crippen LogP contribution in [0.1, 0.15) is 22.3 Å². The van der Waals surface area contributed by atoms with Crippen molar-refractivity contribution in [3.63, 3.8) is 0 Å². The highest BCUT2D eigenvalue weighted by Gasteiger charge is 2.28. The first-order chi connectivity index (χ1) is 12.3. The quantitative estimate of drug-likeness (QED) is 0.653. The molecule has 3 rings (SSSR count). The maximum absolute atomic E-state index is 12.4. The summed E-state index contributed by atoms with van der Waals surface area (Å²) in [5.74, 6) is -0.329. The molecule has 9 heteroatoms. The summed E-state index contributed by atoms with van der Waals surface area (Å²) in [6.07, 6.45) is 0.590. The van der Waals surface area contributed by atoms with Gasteiger partial charge in [0.25, 0.3) is 11.6 Å². The van der Waals surface area contributed by atoms with E-state index in [1.54, 1.807) is 24.3 Å². The Balaban J connectivity index is 1.79. The molecule has 1 aliphatic heterocycles. The SMILES string of the molecule is Cc1c(C(=O)Nc2ccc(N3CCCS3(=O)=O)cc2)cccc1[N+](=O)[O-]. The average molecular weight is 375 g/mol. The smallest absolute Gasteiger partial charge is 0.273 e. The summed E-state index contributed by atoms with van der Waals surface area (Å²) in [6.45, 7) is 1.97. The molecule has 1 saturated heterocycles. The lowest BCUT2D eigenvalue weighted by molar-refractivity contribution is -0.385. The van der Waals surface area contributed by atoms with Gasteiger partial charge in [-0.15, -0.1) is 0 Å². The highest BCUT2D eigenvalue weighted by Crippen LogP contribution is 2.26. The topological polar surface area (TPSA) is 110 Å². The summed E-state index contributed by atoms with van der Waals surface area (Å²) >= 11 is 0. The molecule has 0 radical (unpaired) electrons. The second-order valence-corrected chi connectivity index (χ2v) is 7.96. The van der Waals surface area contributed by atoms with E-state index < -0.39 is 20.9 Å². The van der Waals surface area contributed by atoms with Crippen molar-refractivity contribution in [3.8, 4) is 0 Å². The second kappa shape index (κ2) is 6.75. The Hall–Kier alpha value is -2.94. The summed E-state index contributed by atoms with van der Waals surface area (Å²) in [4.78, 5) is 22.9. The molecule has 0 spiro atoms.